The van der Waals surface area contributed by atoms with E-state index in [0.29, 0.717) is 43.7 Å². The van der Waals surface area contributed by atoms with Gasteiger partial charge in [0, 0.05) is 39.8 Å². The Hall–Kier alpha value is -2.48. The fraction of sp³-hybridized carbons (Fsp3) is 0.438. The summed E-state index contributed by atoms with van der Waals surface area (Å²) in [5.74, 6) is 1.08. The first kappa shape index (κ1) is 16.4. The highest BCUT2D eigenvalue weighted by Gasteiger charge is 2.21. The van der Waals surface area contributed by atoms with E-state index in [-0.39, 0.29) is 5.82 Å². The Balaban J connectivity index is 1.60. The van der Waals surface area contributed by atoms with E-state index in [9.17, 15) is 4.39 Å². The summed E-state index contributed by atoms with van der Waals surface area (Å²) in [4.78, 5) is 8.58. The number of ether oxygens (including phenoxy) is 1. The number of nitrogens with one attached hydrogen (secondary N) is 1. The van der Waals surface area contributed by atoms with Crippen LogP contribution in [0, 0.1) is 5.82 Å². The molecule has 2 heterocycles. The number of piperazine rings is 1. The van der Waals surface area contributed by atoms with Gasteiger partial charge in [-0.2, -0.15) is 10.1 Å². The molecule has 1 N–H and O–H groups in total. The average Bonchev–Trinajstić information content (AvgIpc) is 2.63. The molecule has 0 bridgehead atoms. The number of rotatable bonds is 6. The Morgan fingerprint density at radius 3 is 2.67 bits per heavy atom. The lowest BCUT2D eigenvalue weighted by Gasteiger charge is -2.36. The highest BCUT2D eigenvalue weighted by atomic mass is 19.1. The first-order valence-electron chi connectivity index (χ1n) is 7.95. The smallest absolute Gasteiger partial charge is 0.247 e. The van der Waals surface area contributed by atoms with Gasteiger partial charge in [-0.15, -0.1) is 5.10 Å². The third-order valence-corrected chi connectivity index (χ3v) is 3.92. The molecule has 0 aliphatic carbocycles. The zero-order valence-electron chi connectivity index (χ0n) is 13.7. The van der Waals surface area contributed by atoms with Gasteiger partial charge in [0.2, 0.25) is 5.95 Å². The minimum atomic E-state index is -0.187. The lowest BCUT2D eigenvalue weighted by atomic mass is 10.2. The molecule has 1 aliphatic heterocycles. The van der Waals surface area contributed by atoms with Gasteiger partial charge >= 0.3 is 0 Å². The molecule has 0 unspecified atom stereocenters. The summed E-state index contributed by atoms with van der Waals surface area (Å²) in [7, 11) is 1.65. The summed E-state index contributed by atoms with van der Waals surface area (Å²) in [6.45, 7) is 4.13. The average molecular weight is 332 g/mol. The molecule has 1 saturated heterocycles. The summed E-state index contributed by atoms with van der Waals surface area (Å²) in [6.07, 6.45) is 1.59. The van der Waals surface area contributed by atoms with Gasteiger partial charge in [0.05, 0.1) is 18.5 Å². The molecule has 128 valence electrons. The molecule has 1 aromatic heterocycles. The van der Waals surface area contributed by atoms with E-state index in [1.54, 1.807) is 19.4 Å². The van der Waals surface area contributed by atoms with Crippen molar-refractivity contribution in [2.45, 2.75) is 0 Å². The highest BCUT2D eigenvalue weighted by Crippen LogP contribution is 2.21. The molecule has 7 nitrogen and oxygen atoms in total. The van der Waals surface area contributed by atoms with E-state index in [1.807, 2.05) is 17.0 Å². The summed E-state index contributed by atoms with van der Waals surface area (Å²) >= 11 is 0. The number of methoxy groups -OCH3 is 1. The summed E-state index contributed by atoms with van der Waals surface area (Å²) in [5, 5.41) is 11.2. The van der Waals surface area contributed by atoms with E-state index in [4.69, 9.17) is 4.74 Å². The fourth-order valence-electron chi connectivity index (χ4n) is 2.65. The maximum atomic E-state index is 13.9. The van der Waals surface area contributed by atoms with Crippen molar-refractivity contribution in [3.8, 4) is 0 Å². The van der Waals surface area contributed by atoms with E-state index >= 15 is 0 Å². The molecule has 0 atom stereocenters. The number of benzene rings is 1. The number of anilines is 3. The first-order chi connectivity index (χ1) is 11.8. The molecule has 1 fully saturated rings. The number of hydrogen-bond acceptors (Lipinski definition) is 7. The van der Waals surface area contributed by atoms with Gasteiger partial charge in [0.25, 0.3) is 0 Å². The standard InChI is InChI=1S/C16H21FN6O/c1-24-11-6-18-15-12-19-21-16(20-15)23-9-7-22(8-10-23)14-5-3-2-4-13(14)17/h2-5,12H,6-11H2,1H3,(H,18,20,21). The molecule has 0 saturated carbocycles. The third-order valence-electron chi connectivity index (χ3n) is 3.92. The number of hydrogen-bond donors (Lipinski definition) is 1. The molecule has 3 rings (SSSR count). The quantitative estimate of drug-likeness (QED) is 0.802. The van der Waals surface area contributed by atoms with Crippen LogP contribution in [0.4, 0.5) is 21.8 Å². The molecule has 0 radical (unpaired) electrons. The lowest BCUT2D eigenvalue weighted by Crippen LogP contribution is -2.47. The number of halogens is 1. The Kier molecular flexibility index (Phi) is 5.37. The maximum absolute atomic E-state index is 13.9. The molecular weight excluding hydrogens is 311 g/mol. The van der Waals surface area contributed by atoms with E-state index in [1.165, 1.54) is 6.07 Å². The molecular formula is C16H21FN6O. The largest absolute Gasteiger partial charge is 0.383 e. The van der Waals surface area contributed by atoms with Crippen LogP contribution in [0.25, 0.3) is 0 Å². The van der Waals surface area contributed by atoms with Crippen LogP contribution < -0.4 is 15.1 Å². The summed E-state index contributed by atoms with van der Waals surface area (Å²) in [6, 6.07) is 6.86. The number of aromatic nitrogens is 3. The van der Waals surface area contributed by atoms with Crippen molar-refractivity contribution in [1.29, 1.82) is 0 Å². The molecule has 8 heteroatoms. The summed E-state index contributed by atoms with van der Waals surface area (Å²) in [5.41, 5.74) is 0.645. The lowest BCUT2D eigenvalue weighted by molar-refractivity contribution is 0.210. The zero-order valence-corrected chi connectivity index (χ0v) is 13.7. The van der Waals surface area contributed by atoms with Crippen molar-refractivity contribution in [1.82, 2.24) is 15.2 Å². The van der Waals surface area contributed by atoms with Gasteiger partial charge in [-0.3, -0.25) is 0 Å². The minimum absolute atomic E-state index is 0.187. The SMILES string of the molecule is COCCNc1cnnc(N2CCN(c3ccccc3F)CC2)n1. The predicted molar refractivity (Wildman–Crippen MR) is 91.0 cm³/mol. The van der Waals surface area contributed by atoms with Crippen molar-refractivity contribution in [2.24, 2.45) is 0 Å². The molecule has 1 aliphatic rings. The van der Waals surface area contributed by atoms with Crippen molar-refractivity contribution < 1.29 is 9.13 Å². The van der Waals surface area contributed by atoms with Crippen molar-refractivity contribution in [3.63, 3.8) is 0 Å². The van der Waals surface area contributed by atoms with Crippen LogP contribution in [0.3, 0.4) is 0 Å². The normalized spacial score (nSPS) is 14.8. The Bertz CT molecular complexity index is 663. The topological polar surface area (TPSA) is 66.4 Å². The van der Waals surface area contributed by atoms with Crippen molar-refractivity contribution in [2.75, 3.05) is 61.6 Å². The van der Waals surface area contributed by atoms with Crippen LogP contribution in [0.2, 0.25) is 0 Å². The van der Waals surface area contributed by atoms with Crippen LogP contribution in [-0.2, 0) is 4.74 Å². The third kappa shape index (κ3) is 3.88. The molecule has 2 aromatic rings. The van der Waals surface area contributed by atoms with E-state index in [0.717, 1.165) is 13.1 Å². The highest BCUT2D eigenvalue weighted by molar-refractivity contribution is 5.50. The zero-order chi connectivity index (χ0) is 16.8. The molecule has 0 spiro atoms. The minimum Gasteiger partial charge on any atom is -0.383 e. The van der Waals surface area contributed by atoms with Crippen LogP contribution in [0.5, 0.6) is 0 Å². The van der Waals surface area contributed by atoms with Gasteiger partial charge in [-0.1, -0.05) is 12.1 Å². The van der Waals surface area contributed by atoms with Crippen LogP contribution in [-0.4, -0.2) is 61.6 Å². The monoisotopic (exact) mass is 332 g/mol. The van der Waals surface area contributed by atoms with Gasteiger partial charge < -0.3 is 19.9 Å². The maximum Gasteiger partial charge on any atom is 0.247 e. The van der Waals surface area contributed by atoms with Gasteiger partial charge in [-0.25, -0.2) is 4.39 Å². The van der Waals surface area contributed by atoms with Crippen molar-refractivity contribution in [3.05, 3.63) is 36.3 Å². The van der Waals surface area contributed by atoms with Crippen molar-refractivity contribution >= 4 is 17.5 Å². The number of nitrogens with zero attached hydrogens (tertiary/aromatic N) is 5. The second-order valence-corrected chi connectivity index (χ2v) is 5.49. The van der Waals surface area contributed by atoms with Crippen LogP contribution in [0.1, 0.15) is 0 Å². The second-order valence-electron chi connectivity index (χ2n) is 5.49. The van der Waals surface area contributed by atoms with E-state index in [2.05, 4.69) is 25.4 Å². The predicted octanol–water partition coefficient (Wildman–Crippen LogP) is 1.40. The van der Waals surface area contributed by atoms with E-state index < -0.39 is 0 Å². The molecule has 1 aromatic carbocycles. The van der Waals surface area contributed by atoms with Gasteiger partial charge in [0.15, 0.2) is 5.82 Å². The molecule has 0 amide bonds. The van der Waals surface area contributed by atoms with Gasteiger partial charge in [-0.05, 0) is 12.1 Å². The first-order valence-corrected chi connectivity index (χ1v) is 7.95. The molecule has 24 heavy (non-hydrogen) atoms. The fourth-order valence-corrected chi connectivity index (χ4v) is 2.65. The van der Waals surface area contributed by atoms with Gasteiger partial charge in [0.1, 0.15) is 5.82 Å². The Labute approximate surface area is 140 Å². The Morgan fingerprint density at radius 1 is 1.17 bits per heavy atom. The van der Waals surface area contributed by atoms with Crippen LogP contribution in [0.15, 0.2) is 30.5 Å². The Morgan fingerprint density at radius 2 is 1.92 bits per heavy atom. The van der Waals surface area contributed by atoms with Crippen LogP contribution >= 0.6 is 0 Å². The second kappa shape index (κ2) is 7.87. The summed E-state index contributed by atoms with van der Waals surface area (Å²) < 4.78 is 18.9. The number of para-hydroxylation sites is 1.